The van der Waals surface area contributed by atoms with Gasteiger partial charge in [0.15, 0.2) is 0 Å². The van der Waals surface area contributed by atoms with Gasteiger partial charge in [-0.15, -0.1) is 0 Å². The number of carbonyl (C=O) groups excluding carboxylic acids is 3. The van der Waals surface area contributed by atoms with Crippen LogP contribution in [0.4, 0.5) is 9.18 Å². The Morgan fingerprint density at radius 2 is 1.72 bits per heavy atom. The first-order valence-corrected chi connectivity index (χ1v) is 7.62. The molecular weight excluding hydrogens is 331 g/mol. The van der Waals surface area contributed by atoms with Crippen molar-refractivity contribution in [2.45, 2.75) is 20.4 Å². The molecule has 1 aliphatic heterocycles. The van der Waals surface area contributed by atoms with Crippen molar-refractivity contribution in [2.24, 2.45) is 5.92 Å². The maximum atomic E-state index is 12.9. The minimum atomic E-state index is -0.924. The van der Waals surface area contributed by atoms with E-state index < -0.39 is 23.7 Å². The highest BCUT2D eigenvalue weighted by atomic mass is 19.1. The smallest absolute Gasteiger partial charge is 0.334 e. The largest absolute Gasteiger partial charge is 0.337 e. The van der Waals surface area contributed by atoms with Crippen molar-refractivity contribution in [1.82, 2.24) is 19.9 Å². The predicted octanol–water partition coefficient (Wildman–Crippen LogP) is 1.82. The van der Waals surface area contributed by atoms with Gasteiger partial charge in [-0.1, -0.05) is 19.0 Å². The van der Waals surface area contributed by atoms with E-state index >= 15 is 0 Å². The Morgan fingerprint density at radius 3 is 2.36 bits per heavy atom. The Morgan fingerprint density at radius 1 is 1.08 bits per heavy atom. The van der Waals surface area contributed by atoms with Crippen molar-refractivity contribution in [3.8, 4) is 11.4 Å². The first-order valence-electron chi connectivity index (χ1n) is 7.62. The standard InChI is InChI=1S/C16H15FN4O4/c1-9(2)7-20-14(22)15(23)21(16(20)24)8-12-18-13(19-25-12)10-3-5-11(17)6-4-10/h3-6,9H,7-8H2,1-2H3. The van der Waals surface area contributed by atoms with E-state index in [2.05, 4.69) is 10.1 Å². The molecule has 0 unspecified atom stereocenters. The van der Waals surface area contributed by atoms with E-state index in [-0.39, 0.29) is 30.7 Å². The minimum absolute atomic E-state index is 0.000205. The second-order valence-corrected chi connectivity index (χ2v) is 6.00. The lowest BCUT2D eigenvalue weighted by atomic mass is 10.2. The molecule has 0 atom stereocenters. The van der Waals surface area contributed by atoms with Crippen LogP contribution in [0.2, 0.25) is 0 Å². The number of carbonyl (C=O) groups is 3. The van der Waals surface area contributed by atoms with Crippen LogP contribution in [0.1, 0.15) is 19.7 Å². The molecule has 0 N–H and O–H groups in total. The van der Waals surface area contributed by atoms with Crippen molar-refractivity contribution in [1.29, 1.82) is 0 Å². The zero-order valence-electron chi connectivity index (χ0n) is 13.6. The minimum Gasteiger partial charge on any atom is -0.337 e. The van der Waals surface area contributed by atoms with Crippen LogP contribution in [0, 0.1) is 11.7 Å². The van der Waals surface area contributed by atoms with Crippen LogP contribution in [0.15, 0.2) is 28.8 Å². The van der Waals surface area contributed by atoms with Gasteiger partial charge in [-0.25, -0.2) is 14.1 Å². The highest BCUT2D eigenvalue weighted by Gasteiger charge is 2.45. The van der Waals surface area contributed by atoms with Crippen LogP contribution in [-0.4, -0.2) is 44.3 Å². The van der Waals surface area contributed by atoms with Gasteiger partial charge in [0.05, 0.1) is 0 Å². The average Bonchev–Trinajstić information content (AvgIpc) is 3.11. The van der Waals surface area contributed by atoms with E-state index in [1.807, 2.05) is 13.8 Å². The van der Waals surface area contributed by atoms with Gasteiger partial charge in [-0.05, 0) is 30.2 Å². The maximum Gasteiger partial charge on any atom is 0.334 e. The molecule has 1 aromatic carbocycles. The summed E-state index contributed by atoms with van der Waals surface area (Å²) in [4.78, 5) is 41.9. The van der Waals surface area contributed by atoms with Gasteiger partial charge in [0.25, 0.3) is 0 Å². The average molecular weight is 346 g/mol. The molecule has 9 heteroatoms. The van der Waals surface area contributed by atoms with Crippen molar-refractivity contribution < 1.29 is 23.3 Å². The van der Waals surface area contributed by atoms with E-state index in [4.69, 9.17) is 4.52 Å². The summed E-state index contributed by atoms with van der Waals surface area (Å²) in [5.74, 6) is -1.96. The Kier molecular flexibility index (Phi) is 4.30. The van der Waals surface area contributed by atoms with Crippen LogP contribution >= 0.6 is 0 Å². The molecule has 0 spiro atoms. The lowest BCUT2D eigenvalue weighted by Gasteiger charge is -2.15. The van der Waals surface area contributed by atoms with Crippen molar-refractivity contribution in [2.75, 3.05) is 6.54 Å². The topological polar surface area (TPSA) is 96.6 Å². The van der Waals surface area contributed by atoms with E-state index in [1.54, 1.807) is 0 Å². The molecule has 0 saturated carbocycles. The summed E-state index contributed by atoms with van der Waals surface area (Å²) in [6.45, 7) is 3.53. The number of amides is 4. The van der Waals surface area contributed by atoms with Gasteiger partial charge >= 0.3 is 17.8 Å². The summed E-state index contributed by atoms with van der Waals surface area (Å²) in [6, 6.07) is 4.75. The molecule has 0 aliphatic carbocycles. The molecule has 25 heavy (non-hydrogen) atoms. The quantitative estimate of drug-likeness (QED) is 0.605. The number of imide groups is 2. The molecular formula is C16H15FN4O4. The van der Waals surface area contributed by atoms with Crippen molar-refractivity contribution in [3.05, 3.63) is 36.0 Å². The third-order valence-electron chi connectivity index (χ3n) is 3.55. The molecule has 1 saturated heterocycles. The van der Waals surface area contributed by atoms with Crippen LogP contribution in [-0.2, 0) is 16.1 Å². The summed E-state index contributed by atoms with van der Waals surface area (Å²) >= 11 is 0. The Hall–Kier alpha value is -3.10. The number of urea groups is 1. The van der Waals surface area contributed by atoms with Gasteiger partial charge in [0.1, 0.15) is 12.4 Å². The number of aromatic nitrogens is 2. The summed E-state index contributed by atoms with van der Waals surface area (Å²) in [5.41, 5.74) is 0.521. The second kappa shape index (κ2) is 6.42. The maximum absolute atomic E-state index is 12.9. The first kappa shape index (κ1) is 16.7. The Bertz CT molecular complexity index is 831. The van der Waals surface area contributed by atoms with Crippen LogP contribution in [0.5, 0.6) is 0 Å². The molecule has 4 amide bonds. The number of nitrogens with zero attached hydrogens (tertiary/aromatic N) is 4. The van der Waals surface area contributed by atoms with Crippen molar-refractivity contribution in [3.63, 3.8) is 0 Å². The summed E-state index contributed by atoms with van der Waals surface area (Å²) in [7, 11) is 0. The third-order valence-corrected chi connectivity index (χ3v) is 3.55. The van der Waals surface area contributed by atoms with E-state index in [1.165, 1.54) is 24.3 Å². The zero-order chi connectivity index (χ0) is 18.1. The molecule has 130 valence electrons. The third kappa shape index (κ3) is 3.25. The highest BCUT2D eigenvalue weighted by molar-refractivity contribution is 6.44. The van der Waals surface area contributed by atoms with Gasteiger partial charge < -0.3 is 4.52 Å². The summed E-state index contributed by atoms with van der Waals surface area (Å²) in [5, 5.41) is 3.74. The fourth-order valence-electron chi connectivity index (χ4n) is 2.39. The van der Waals surface area contributed by atoms with Gasteiger partial charge in [0, 0.05) is 12.1 Å². The number of halogens is 1. The molecule has 3 rings (SSSR count). The van der Waals surface area contributed by atoms with Crippen LogP contribution in [0.3, 0.4) is 0 Å². The fraction of sp³-hybridized carbons (Fsp3) is 0.312. The van der Waals surface area contributed by atoms with E-state index in [0.29, 0.717) is 5.56 Å². The van der Waals surface area contributed by atoms with Gasteiger partial charge in [-0.2, -0.15) is 4.98 Å². The molecule has 8 nitrogen and oxygen atoms in total. The van der Waals surface area contributed by atoms with E-state index in [9.17, 15) is 18.8 Å². The second-order valence-electron chi connectivity index (χ2n) is 6.00. The predicted molar refractivity (Wildman–Crippen MR) is 82.2 cm³/mol. The molecule has 1 aromatic heterocycles. The molecule has 1 aliphatic rings. The van der Waals surface area contributed by atoms with Crippen LogP contribution in [0.25, 0.3) is 11.4 Å². The molecule has 1 fully saturated rings. The monoisotopic (exact) mass is 346 g/mol. The molecule has 0 bridgehead atoms. The Balaban J connectivity index is 1.76. The Labute approximate surface area is 142 Å². The molecule has 0 radical (unpaired) electrons. The lowest BCUT2D eigenvalue weighted by Crippen LogP contribution is -2.35. The summed E-state index contributed by atoms with van der Waals surface area (Å²) in [6.07, 6.45) is 0. The highest BCUT2D eigenvalue weighted by Crippen LogP contribution is 2.20. The zero-order valence-corrected chi connectivity index (χ0v) is 13.6. The van der Waals surface area contributed by atoms with Gasteiger partial charge in [0.2, 0.25) is 11.7 Å². The van der Waals surface area contributed by atoms with Crippen LogP contribution < -0.4 is 0 Å². The number of hydrogen-bond donors (Lipinski definition) is 0. The SMILES string of the molecule is CC(C)CN1C(=O)C(=O)N(Cc2nc(-c3ccc(F)cc3)no2)C1=O. The number of benzene rings is 1. The number of rotatable bonds is 5. The fourth-order valence-corrected chi connectivity index (χ4v) is 2.39. The number of hydrogen-bond acceptors (Lipinski definition) is 6. The lowest BCUT2D eigenvalue weighted by molar-refractivity contribution is -0.143. The normalized spacial score (nSPS) is 15.0. The molecule has 2 heterocycles. The first-order chi connectivity index (χ1) is 11.9. The van der Waals surface area contributed by atoms with Gasteiger partial charge in [-0.3, -0.25) is 14.5 Å². The molecule has 2 aromatic rings. The van der Waals surface area contributed by atoms with E-state index in [0.717, 1.165) is 9.80 Å². The summed E-state index contributed by atoms with van der Waals surface area (Å²) < 4.78 is 18.0. The van der Waals surface area contributed by atoms with Crippen molar-refractivity contribution >= 4 is 17.8 Å².